The fourth-order valence-corrected chi connectivity index (χ4v) is 8.28. The van der Waals surface area contributed by atoms with Crippen LogP contribution in [0.3, 0.4) is 0 Å². The summed E-state index contributed by atoms with van der Waals surface area (Å²) in [6.07, 6.45) is 1.47. The molecule has 5 fully saturated rings. The van der Waals surface area contributed by atoms with Gasteiger partial charge in [0, 0.05) is 12.0 Å². The molecule has 7 rings (SSSR count). The molecule has 3 N–H and O–H groups in total. The number of aromatic hydroxyl groups is 1. The minimum Gasteiger partial charge on any atom is -0.504 e. The van der Waals surface area contributed by atoms with Crippen LogP contribution < -0.4 is 14.8 Å². The number of amides is 2. The first-order valence-corrected chi connectivity index (χ1v) is 11.8. The monoisotopic (exact) mass is 480 g/mol. The standard InChI is InChI=1S/C20H20N2O8S2/c1-27-10-5-3-8(12(24)13(10)28-2)17-31-15-16(25)22-20(32-17,18(26)21-15)7-19-11(29-19)6-4-9(23)14(19)30-22/h3-6,9,11,14-15,17,23-24H,7H2,1-2H3,(H,21,26)/t9-,11+,14+,15?,17-,19+,20-/m1/s1. The van der Waals surface area contributed by atoms with Gasteiger partial charge in [-0.15, -0.1) is 23.5 Å². The van der Waals surface area contributed by atoms with Gasteiger partial charge in [-0.25, -0.2) is 0 Å². The molecule has 1 unspecified atom stereocenters. The van der Waals surface area contributed by atoms with Gasteiger partial charge in [-0.05, 0) is 12.1 Å². The van der Waals surface area contributed by atoms with Crippen molar-refractivity contribution in [3.8, 4) is 17.2 Å². The Morgan fingerprint density at radius 2 is 2.06 bits per heavy atom. The number of nitrogens with zero attached hydrogens (tertiary/aromatic N) is 1. The number of hydrogen-bond acceptors (Lipinski definition) is 10. The zero-order valence-corrected chi connectivity index (χ0v) is 18.6. The normalized spacial score (nSPS) is 41.2. The number of aliphatic hydroxyl groups excluding tert-OH is 1. The largest absolute Gasteiger partial charge is 0.504 e. The number of aliphatic hydroxyl groups is 1. The smallest absolute Gasteiger partial charge is 0.281 e. The zero-order valence-electron chi connectivity index (χ0n) is 17.0. The molecule has 2 spiro atoms. The van der Waals surface area contributed by atoms with Crippen LogP contribution in [0, 0.1) is 0 Å². The van der Waals surface area contributed by atoms with E-state index in [4.69, 9.17) is 19.0 Å². The van der Waals surface area contributed by atoms with Crippen LogP contribution in [0.25, 0.3) is 0 Å². The van der Waals surface area contributed by atoms with Gasteiger partial charge >= 0.3 is 0 Å². The zero-order chi connectivity index (χ0) is 22.4. The third-order valence-corrected chi connectivity index (χ3v) is 9.58. The Hall–Kier alpha value is -2.12. The summed E-state index contributed by atoms with van der Waals surface area (Å²) in [6.45, 7) is 0. The highest BCUT2D eigenvalue weighted by atomic mass is 32.2. The number of hydrogen-bond donors (Lipinski definition) is 3. The van der Waals surface area contributed by atoms with E-state index >= 15 is 0 Å². The number of nitrogens with one attached hydrogen (secondary N) is 1. The number of hydroxylamine groups is 2. The first-order chi connectivity index (χ1) is 15.3. The Morgan fingerprint density at radius 1 is 1.25 bits per heavy atom. The van der Waals surface area contributed by atoms with Crippen molar-refractivity contribution in [2.75, 3.05) is 14.2 Å². The van der Waals surface area contributed by atoms with E-state index in [1.807, 2.05) is 0 Å². The van der Waals surface area contributed by atoms with Crippen LogP contribution in [0.4, 0.5) is 0 Å². The molecule has 0 radical (unpaired) electrons. The fourth-order valence-electron chi connectivity index (χ4n) is 4.90. The summed E-state index contributed by atoms with van der Waals surface area (Å²) in [5.74, 6) is -0.366. The van der Waals surface area contributed by atoms with Crippen LogP contribution in [0.15, 0.2) is 24.3 Å². The Kier molecular flexibility index (Phi) is 4.29. The maximum atomic E-state index is 13.3. The lowest BCUT2D eigenvalue weighted by Gasteiger charge is -2.51. The summed E-state index contributed by atoms with van der Waals surface area (Å²) in [7, 11) is 2.90. The second-order valence-corrected chi connectivity index (χ2v) is 11.1. The highest BCUT2D eigenvalue weighted by molar-refractivity contribution is 8.18. The molecule has 170 valence electrons. The van der Waals surface area contributed by atoms with Crippen molar-refractivity contribution in [1.29, 1.82) is 0 Å². The molecule has 2 amide bonds. The molecule has 2 bridgehead atoms. The van der Waals surface area contributed by atoms with E-state index < -0.39 is 38.5 Å². The Morgan fingerprint density at radius 3 is 2.81 bits per heavy atom. The molecule has 5 aliphatic heterocycles. The number of phenolic OH excluding ortho intramolecular Hbond substituents is 1. The van der Waals surface area contributed by atoms with Crippen LogP contribution in [-0.4, -0.2) is 75.5 Å². The number of carbonyl (C=O) groups is 2. The maximum Gasteiger partial charge on any atom is 0.281 e. The van der Waals surface area contributed by atoms with Crippen molar-refractivity contribution in [2.45, 2.75) is 45.2 Å². The number of methoxy groups -OCH3 is 2. The molecule has 5 saturated heterocycles. The van der Waals surface area contributed by atoms with Crippen LogP contribution in [0.5, 0.6) is 17.2 Å². The summed E-state index contributed by atoms with van der Waals surface area (Å²) in [6, 6.07) is 3.36. The number of rotatable bonds is 3. The molecule has 12 heteroatoms. The molecular weight excluding hydrogens is 460 g/mol. The van der Waals surface area contributed by atoms with E-state index in [1.165, 1.54) is 37.7 Å². The summed E-state index contributed by atoms with van der Waals surface area (Å²) < 4.78 is 16.0. The first-order valence-electron chi connectivity index (χ1n) is 9.98. The fraction of sp³-hybridized carbons (Fsp3) is 0.500. The molecular formula is C20H20N2O8S2. The van der Waals surface area contributed by atoms with Crippen LogP contribution in [0.1, 0.15) is 16.6 Å². The minimum absolute atomic E-state index is 0.120. The summed E-state index contributed by atoms with van der Waals surface area (Å²) >= 11 is 2.41. The van der Waals surface area contributed by atoms with Gasteiger partial charge in [0.2, 0.25) is 5.75 Å². The molecule has 0 saturated carbocycles. The molecule has 5 heterocycles. The number of piperazine rings is 1. The number of benzene rings is 1. The van der Waals surface area contributed by atoms with Crippen molar-refractivity contribution in [3.05, 3.63) is 29.8 Å². The Bertz CT molecular complexity index is 1070. The average Bonchev–Trinajstić information content (AvgIpc) is 3.52. The van der Waals surface area contributed by atoms with Gasteiger partial charge in [-0.2, -0.15) is 5.06 Å². The molecule has 0 aromatic heterocycles. The van der Waals surface area contributed by atoms with Gasteiger partial charge in [0.05, 0.1) is 18.8 Å². The van der Waals surface area contributed by atoms with E-state index in [0.717, 1.165) is 5.06 Å². The van der Waals surface area contributed by atoms with E-state index in [2.05, 4.69) is 5.32 Å². The van der Waals surface area contributed by atoms with Crippen LogP contribution >= 0.6 is 23.5 Å². The van der Waals surface area contributed by atoms with Gasteiger partial charge < -0.3 is 29.7 Å². The van der Waals surface area contributed by atoms with Gasteiger partial charge in [0.25, 0.3) is 11.8 Å². The second-order valence-electron chi connectivity index (χ2n) is 8.17. The number of epoxide rings is 1. The molecule has 1 aromatic rings. The van der Waals surface area contributed by atoms with E-state index in [9.17, 15) is 19.8 Å². The lowest BCUT2D eigenvalue weighted by atomic mass is 9.82. The third kappa shape index (κ3) is 2.49. The average molecular weight is 481 g/mol. The number of phenols is 1. The van der Waals surface area contributed by atoms with E-state index in [0.29, 0.717) is 11.3 Å². The Balaban J connectivity index is 1.44. The highest BCUT2D eigenvalue weighted by Gasteiger charge is 2.76. The number of ether oxygens (including phenoxy) is 3. The summed E-state index contributed by atoms with van der Waals surface area (Å²) in [4.78, 5) is 31.2. The van der Waals surface area contributed by atoms with Crippen molar-refractivity contribution in [2.24, 2.45) is 0 Å². The van der Waals surface area contributed by atoms with Crippen LogP contribution in [-0.2, 0) is 19.2 Å². The van der Waals surface area contributed by atoms with Crippen molar-refractivity contribution in [3.63, 3.8) is 0 Å². The van der Waals surface area contributed by atoms with Gasteiger partial charge in [-0.1, -0.05) is 12.2 Å². The molecule has 6 aliphatic rings. The van der Waals surface area contributed by atoms with Gasteiger partial charge in [0.1, 0.15) is 23.9 Å². The van der Waals surface area contributed by atoms with E-state index in [-0.39, 0.29) is 29.9 Å². The predicted octanol–water partition coefficient (Wildman–Crippen LogP) is 0.641. The highest BCUT2D eigenvalue weighted by Crippen LogP contribution is 2.65. The van der Waals surface area contributed by atoms with Gasteiger partial charge in [0.15, 0.2) is 21.7 Å². The lowest BCUT2D eigenvalue weighted by molar-refractivity contribution is -0.279. The van der Waals surface area contributed by atoms with Crippen molar-refractivity contribution >= 4 is 35.3 Å². The van der Waals surface area contributed by atoms with E-state index in [1.54, 1.807) is 24.3 Å². The van der Waals surface area contributed by atoms with Gasteiger partial charge in [-0.3, -0.25) is 14.4 Å². The lowest BCUT2D eigenvalue weighted by Crippen LogP contribution is -2.73. The summed E-state index contributed by atoms with van der Waals surface area (Å²) in [5.41, 5.74) is -0.397. The number of carbonyl (C=O) groups excluding carboxylic acids is 2. The summed E-state index contributed by atoms with van der Waals surface area (Å²) in [5, 5.41) is 24.4. The minimum atomic E-state index is -1.42. The second kappa shape index (κ2) is 6.70. The molecule has 7 atom stereocenters. The third-order valence-electron chi connectivity index (χ3n) is 6.52. The van der Waals surface area contributed by atoms with Crippen molar-refractivity contribution in [1.82, 2.24) is 10.4 Å². The maximum absolute atomic E-state index is 13.3. The molecule has 1 aliphatic carbocycles. The topological polar surface area (TPSA) is 130 Å². The SMILES string of the molecule is COc1ccc([C@@H]2SC3NC(=O)[C@@]4(C[C@]56O[C@H]5C=C[C@@H](O)[C@@H]6ON4C3=O)S2)c(O)c1OC. The van der Waals surface area contributed by atoms with Crippen LogP contribution in [0.2, 0.25) is 0 Å². The van der Waals surface area contributed by atoms with Crippen molar-refractivity contribution < 1.29 is 38.9 Å². The number of fused-ring (bicyclic) bond motifs is 3. The number of thioether (sulfide) groups is 2. The first kappa shape index (κ1) is 20.5. The predicted molar refractivity (Wildman–Crippen MR) is 113 cm³/mol. The molecule has 32 heavy (non-hydrogen) atoms. The molecule has 10 nitrogen and oxygen atoms in total. The Labute approximate surface area is 191 Å². The molecule has 1 aromatic carbocycles. The quantitative estimate of drug-likeness (QED) is 0.419.